The second kappa shape index (κ2) is 43.8. The minimum Gasteiger partial charge on any atom is -1.00 e. The first-order valence-corrected chi connectivity index (χ1v) is 32.4. The number of hydrogen-bond donors (Lipinski definition) is 0. The third-order valence-corrected chi connectivity index (χ3v) is 21.9. The number of halogens is 2. The number of nitrogens with zero attached hydrogens (tertiary/aromatic N) is 2. The summed E-state index contributed by atoms with van der Waals surface area (Å²) < 4.78 is 0. The Morgan fingerprint density at radius 2 is 0.244 bits per heavy atom. The third kappa shape index (κ3) is 23.8. The Morgan fingerprint density at radius 3 is 0.302 bits per heavy atom. The van der Waals surface area contributed by atoms with Crippen molar-refractivity contribution in [2.75, 3.05) is 0 Å². The van der Waals surface area contributed by atoms with Crippen LogP contribution in [0.2, 0.25) is 0 Å². The van der Waals surface area contributed by atoms with E-state index in [1.807, 2.05) is 0 Å². The minimum absolute atomic E-state index is 0. The van der Waals surface area contributed by atoms with E-state index in [9.17, 15) is 0 Å². The van der Waals surface area contributed by atoms with Gasteiger partial charge in [-0.3, -0.25) is 0 Å². The van der Waals surface area contributed by atoms with E-state index in [0.717, 1.165) is 0 Å². The van der Waals surface area contributed by atoms with Gasteiger partial charge in [-0.15, -0.1) is 0 Å². The molecule has 0 aliphatic carbocycles. The molecule has 0 heterocycles. The van der Waals surface area contributed by atoms with Gasteiger partial charge in [0.1, 0.15) is 0 Å². The second-order valence-corrected chi connectivity index (χ2v) is 26.7. The van der Waals surface area contributed by atoms with Gasteiger partial charge < -0.3 is 24.8 Å². The fourth-order valence-electron chi connectivity index (χ4n) is 8.71. The minimum atomic E-state index is -0.446. The Labute approximate surface area is 556 Å². The van der Waals surface area contributed by atoms with Crippen molar-refractivity contribution in [1.82, 2.24) is 0 Å². The van der Waals surface area contributed by atoms with Gasteiger partial charge in [0.25, 0.3) is 0 Å². The molecule has 0 amide bonds. The first-order chi connectivity index (χ1) is 40.6. The number of benzene rings is 12. The van der Waals surface area contributed by atoms with Crippen LogP contribution < -0.4 is 88.5 Å². The van der Waals surface area contributed by atoms with Crippen LogP contribution in [0.3, 0.4) is 0 Å². The van der Waals surface area contributed by atoms with Crippen molar-refractivity contribution in [2.24, 2.45) is 0 Å². The number of rotatable bonds is 12. The zero-order valence-electron chi connectivity index (χ0n) is 47.7. The summed E-state index contributed by atoms with van der Waals surface area (Å²) in [5.74, 6) is 0. The van der Waals surface area contributed by atoms with E-state index in [1.54, 1.807) is 12.1 Å². The molecule has 12 rings (SSSR count). The SMILES string of the molecule is CC#N.CC#N.[Cl-].[Cl-].[Pd+2].[Pd].c1ccc(P(c2ccccc2)c2ccccc2)cc1.c1ccc(P(c2ccccc2)c2ccccc2)cc1.c1ccc(P(c2ccccc2)c2ccccc2)cc1.c1ccc(P(c2ccccc2)c2ccccc2)cc1. The van der Waals surface area contributed by atoms with Crippen LogP contribution in [0.4, 0.5) is 0 Å². The van der Waals surface area contributed by atoms with Crippen molar-refractivity contribution in [3.05, 3.63) is 364 Å². The Kier molecular flexibility index (Phi) is 37.4. The maximum atomic E-state index is 7.32. The second-order valence-electron chi connectivity index (χ2n) is 17.8. The van der Waals surface area contributed by atoms with Crippen LogP contribution in [0.1, 0.15) is 13.8 Å². The van der Waals surface area contributed by atoms with Crippen molar-refractivity contribution in [3.63, 3.8) is 0 Å². The standard InChI is InChI=1S/4C18H15P.2C2H3N.2ClH.2Pd/c4*1-4-10-16(11-5-1)19(17-12-6-2-7-13-17)18-14-8-3-9-15-18;2*1-2-3;;;;/h4*1-15H;2*1H3;2*1H;;/q;;;;;;;;;+2/p-2. The zero-order valence-corrected chi connectivity index (χ0v) is 55.9. The fraction of sp³-hybridized carbons (Fsp3) is 0.0263. The van der Waals surface area contributed by atoms with E-state index in [1.165, 1.54) is 77.5 Å². The molecule has 10 heteroatoms. The average Bonchev–Trinajstić information content (AvgIpc) is 3.52. The van der Waals surface area contributed by atoms with Crippen molar-refractivity contribution < 1.29 is 65.7 Å². The molecule has 12 aromatic rings. The maximum Gasteiger partial charge on any atom is 2.00 e. The summed E-state index contributed by atoms with van der Waals surface area (Å²) in [5, 5.41) is 31.4. The van der Waals surface area contributed by atoms with Gasteiger partial charge in [-0.25, -0.2) is 0 Å². The van der Waals surface area contributed by atoms with Gasteiger partial charge in [0.2, 0.25) is 0 Å². The molecule has 12 aromatic carbocycles. The molecule has 0 unspecified atom stereocenters. The zero-order chi connectivity index (χ0) is 57.1. The Balaban J connectivity index is 0.000000286. The molecular formula is C76H66Cl2N2P4Pd2. The molecule has 0 spiro atoms. The largest absolute Gasteiger partial charge is 2.00 e. The van der Waals surface area contributed by atoms with Crippen LogP contribution in [0.25, 0.3) is 0 Å². The van der Waals surface area contributed by atoms with E-state index < -0.39 is 31.7 Å². The fourth-order valence-corrected chi connectivity index (χ4v) is 17.9. The van der Waals surface area contributed by atoms with Gasteiger partial charge in [-0.2, -0.15) is 10.5 Å². The van der Waals surface area contributed by atoms with Crippen LogP contribution in [-0.4, -0.2) is 0 Å². The first-order valence-electron chi connectivity index (χ1n) is 27.1. The quantitative estimate of drug-likeness (QED) is 0.0908. The average molecular weight is 1420 g/mol. The summed E-state index contributed by atoms with van der Waals surface area (Å²) in [5.41, 5.74) is 0. The summed E-state index contributed by atoms with van der Waals surface area (Å²) >= 11 is 0. The smallest absolute Gasteiger partial charge is 1.00 e. The summed E-state index contributed by atoms with van der Waals surface area (Å²) in [6, 6.07) is 133. The van der Waals surface area contributed by atoms with Crippen molar-refractivity contribution in [3.8, 4) is 12.1 Å². The van der Waals surface area contributed by atoms with Crippen molar-refractivity contribution >= 4 is 95.3 Å². The van der Waals surface area contributed by atoms with E-state index >= 15 is 0 Å². The van der Waals surface area contributed by atoms with Gasteiger partial charge in [0, 0.05) is 34.3 Å². The molecule has 0 saturated heterocycles. The Morgan fingerprint density at radius 1 is 0.186 bits per heavy atom. The van der Waals surface area contributed by atoms with Crippen LogP contribution >= 0.6 is 31.7 Å². The summed E-state index contributed by atoms with van der Waals surface area (Å²) in [6.07, 6.45) is 0. The normalized spacial score (nSPS) is 9.53. The van der Waals surface area contributed by atoms with E-state index in [-0.39, 0.29) is 65.7 Å². The molecule has 0 aromatic heterocycles. The molecule has 86 heavy (non-hydrogen) atoms. The molecule has 0 N–H and O–H groups in total. The third-order valence-electron chi connectivity index (χ3n) is 12.2. The van der Waals surface area contributed by atoms with E-state index in [2.05, 4.69) is 364 Å². The Bertz CT molecular complexity index is 2800. The Hall–Kier alpha value is -6.76. The number of nitriles is 2. The monoisotopic (exact) mass is 1410 g/mol. The molecule has 0 aliphatic heterocycles. The predicted molar refractivity (Wildman–Crippen MR) is 363 cm³/mol. The van der Waals surface area contributed by atoms with Gasteiger partial charge in [0.15, 0.2) is 0 Å². The van der Waals surface area contributed by atoms with Gasteiger partial charge in [0.05, 0.1) is 12.1 Å². The summed E-state index contributed by atoms with van der Waals surface area (Å²) in [4.78, 5) is 0. The molecule has 0 saturated carbocycles. The summed E-state index contributed by atoms with van der Waals surface area (Å²) in [7, 11) is -1.78. The van der Waals surface area contributed by atoms with E-state index in [4.69, 9.17) is 10.5 Å². The molecule has 0 atom stereocenters. The van der Waals surface area contributed by atoms with Crippen LogP contribution in [0.15, 0.2) is 364 Å². The summed E-state index contributed by atoms with van der Waals surface area (Å²) in [6.45, 7) is 2.86. The van der Waals surface area contributed by atoms with Gasteiger partial charge in [-0.05, 0) is 95.3 Å². The van der Waals surface area contributed by atoms with Gasteiger partial charge in [-0.1, -0.05) is 364 Å². The first kappa shape index (κ1) is 73.5. The van der Waals surface area contributed by atoms with Crippen LogP contribution in [0, 0.1) is 22.7 Å². The topological polar surface area (TPSA) is 47.6 Å². The predicted octanol–water partition coefficient (Wildman–Crippen LogP) is 8.84. The molecule has 0 bridgehead atoms. The molecule has 434 valence electrons. The van der Waals surface area contributed by atoms with Crippen LogP contribution in [-0.2, 0) is 40.8 Å². The van der Waals surface area contributed by atoms with Gasteiger partial charge >= 0.3 is 20.4 Å². The molecule has 0 fully saturated rings. The van der Waals surface area contributed by atoms with Crippen molar-refractivity contribution in [1.29, 1.82) is 10.5 Å². The molecular weight excluding hydrogens is 1350 g/mol. The maximum absolute atomic E-state index is 7.32. The molecule has 0 aliphatic rings. The molecule has 2 nitrogen and oxygen atoms in total. The number of hydrogen-bond acceptors (Lipinski definition) is 2. The van der Waals surface area contributed by atoms with E-state index in [0.29, 0.717) is 0 Å². The van der Waals surface area contributed by atoms with Crippen molar-refractivity contribution in [2.45, 2.75) is 13.8 Å². The van der Waals surface area contributed by atoms with Crippen LogP contribution in [0.5, 0.6) is 0 Å². The molecule has 0 radical (unpaired) electrons.